The molecule has 21 heavy (non-hydrogen) atoms. The molecule has 0 atom stereocenters. The molecule has 1 aliphatic rings. The molecule has 0 bridgehead atoms. The second-order valence-corrected chi connectivity index (χ2v) is 5.07. The Kier molecular flexibility index (Phi) is 3.60. The summed E-state index contributed by atoms with van der Waals surface area (Å²) in [6.45, 7) is 4.06. The van der Waals surface area contributed by atoms with Gasteiger partial charge in [-0.25, -0.2) is 4.39 Å². The van der Waals surface area contributed by atoms with E-state index in [9.17, 15) is 9.18 Å². The molecule has 6 heteroatoms. The van der Waals surface area contributed by atoms with E-state index in [4.69, 9.17) is 4.52 Å². The fraction of sp³-hybridized carbons (Fsp3) is 0.333. The van der Waals surface area contributed by atoms with Crippen molar-refractivity contribution in [2.45, 2.75) is 6.92 Å². The van der Waals surface area contributed by atoms with Gasteiger partial charge in [-0.05, 0) is 19.1 Å². The van der Waals surface area contributed by atoms with E-state index >= 15 is 0 Å². The van der Waals surface area contributed by atoms with Gasteiger partial charge in [0.05, 0.1) is 11.9 Å². The van der Waals surface area contributed by atoms with E-state index in [0.29, 0.717) is 31.9 Å². The maximum Gasteiger partial charge on any atom is 0.292 e. The van der Waals surface area contributed by atoms with Gasteiger partial charge in [0.15, 0.2) is 0 Å². The number of anilines is 1. The minimum atomic E-state index is -0.233. The van der Waals surface area contributed by atoms with Crippen LogP contribution < -0.4 is 4.90 Å². The van der Waals surface area contributed by atoms with Crippen LogP contribution in [0.15, 0.2) is 35.0 Å². The highest BCUT2D eigenvalue weighted by atomic mass is 19.1. The number of hydrogen-bond acceptors (Lipinski definition) is 4. The van der Waals surface area contributed by atoms with Gasteiger partial charge in [-0.1, -0.05) is 17.3 Å². The summed E-state index contributed by atoms with van der Waals surface area (Å²) >= 11 is 0. The van der Waals surface area contributed by atoms with Gasteiger partial charge in [0.25, 0.3) is 5.91 Å². The highest BCUT2D eigenvalue weighted by Crippen LogP contribution is 2.21. The Labute approximate surface area is 121 Å². The quantitative estimate of drug-likeness (QED) is 0.849. The van der Waals surface area contributed by atoms with Crippen molar-refractivity contribution in [2.75, 3.05) is 31.1 Å². The molecule has 0 N–H and O–H groups in total. The first-order valence-corrected chi connectivity index (χ1v) is 6.87. The topological polar surface area (TPSA) is 49.6 Å². The van der Waals surface area contributed by atoms with Gasteiger partial charge >= 0.3 is 0 Å². The molecule has 2 heterocycles. The third kappa shape index (κ3) is 2.61. The van der Waals surface area contributed by atoms with Crippen molar-refractivity contribution in [3.05, 3.63) is 47.6 Å². The molecule has 2 aromatic rings. The average Bonchev–Trinajstić information content (AvgIpc) is 2.93. The standard InChI is InChI=1S/C15H16FN3O2/c1-11-10-17-21-14(11)15(20)19-8-6-18(7-9-19)13-5-3-2-4-12(13)16/h2-5,10H,6-9H2,1H3. The van der Waals surface area contributed by atoms with E-state index in [1.807, 2.05) is 11.0 Å². The number of para-hydroxylation sites is 1. The lowest BCUT2D eigenvalue weighted by atomic mass is 10.2. The SMILES string of the molecule is Cc1cnoc1C(=O)N1CCN(c2ccccc2F)CC1. The van der Waals surface area contributed by atoms with Gasteiger partial charge in [0, 0.05) is 31.7 Å². The molecule has 0 aliphatic carbocycles. The van der Waals surface area contributed by atoms with Crippen molar-refractivity contribution < 1.29 is 13.7 Å². The lowest BCUT2D eigenvalue weighted by molar-refractivity contribution is 0.0703. The average molecular weight is 289 g/mol. The van der Waals surface area contributed by atoms with Crippen molar-refractivity contribution in [1.82, 2.24) is 10.1 Å². The summed E-state index contributed by atoms with van der Waals surface area (Å²) in [5.74, 6) is -0.101. The maximum absolute atomic E-state index is 13.8. The summed E-state index contributed by atoms with van der Waals surface area (Å²) in [5.41, 5.74) is 1.32. The molecule has 0 radical (unpaired) electrons. The van der Waals surface area contributed by atoms with Gasteiger partial charge in [-0.3, -0.25) is 4.79 Å². The first kappa shape index (κ1) is 13.6. The zero-order chi connectivity index (χ0) is 14.8. The fourth-order valence-corrected chi connectivity index (χ4v) is 2.50. The number of carbonyl (C=O) groups excluding carboxylic acids is 1. The van der Waals surface area contributed by atoms with Crippen LogP contribution in [0, 0.1) is 12.7 Å². The van der Waals surface area contributed by atoms with Crippen LogP contribution in [0.4, 0.5) is 10.1 Å². The number of benzene rings is 1. The molecule has 0 saturated carbocycles. The largest absolute Gasteiger partial charge is 0.366 e. The summed E-state index contributed by atoms with van der Waals surface area (Å²) in [6.07, 6.45) is 1.53. The molecular weight excluding hydrogens is 273 g/mol. The zero-order valence-electron chi connectivity index (χ0n) is 11.8. The highest BCUT2D eigenvalue weighted by Gasteiger charge is 2.26. The Balaban J connectivity index is 1.67. The Hall–Kier alpha value is -2.37. The highest BCUT2D eigenvalue weighted by molar-refractivity contribution is 5.92. The number of aromatic nitrogens is 1. The number of aryl methyl sites for hydroxylation is 1. The summed E-state index contributed by atoms with van der Waals surface area (Å²) in [6, 6.07) is 6.69. The van der Waals surface area contributed by atoms with Gasteiger partial charge < -0.3 is 14.3 Å². The van der Waals surface area contributed by atoms with E-state index < -0.39 is 0 Å². The first-order chi connectivity index (χ1) is 10.2. The minimum Gasteiger partial charge on any atom is -0.366 e. The Morgan fingerprint density at radius 3 is 2.57 bits per heavy atom. The third-order valence-corrected chi connectivity index (χ3v) is 3.70. The molecule has 1 amide bonds. The minimum absolute atomic E-state index is 0.154. The second kappa shape index (κ2) is 5.55. The van der Waals surface area contributed by atoms with E-state index in [1.54, 1.807) is 24.0 Å². The Morgan fingerprint density at radius 1 is 1.24 bits per heavy atom. The number of amides is 1. The fourth-order valence-electron chi connectivity index (χ4n) is 2.50. The van der Waals surface area contributed by atoms with E-state index in [-0.39, 0.29) is 17.5 Å². The van der Waals surface area contributed by atoms with Crippen molar-refractivity contribution in [2.24, 2.45) is 0 Å². The molecule has 3 rings (SSSR count). The lowest BCUT2D eigenvalue weighted by Crippen LogP contribution is -2.49. The number of hydrogen-bond donors (Lipinski definition) is 0. The smallest absolute Gasteiger partial charge is 0.292 e. The van der Waals surface area contributed by atoms with Gasteiger partial charge in [-0.15, -0.1) is 0 Å². The Bertz CT molecular complexity index is 648. The second-order valence-electron chi connectivity index (χ2n) is 5.07. The molecule has 1 aromatic carbocycles. The van der Waals surface area contributed by atoms with Crippen LogP contribution in [-0.2, 0) is 0 Å². The summed E-state index contributed by atoms with van der Waals surface area (Å²) in [4.78, 5) is 16.0. The molecule has 1 fully saturated rings. The summed E-state index contributed by atoms with van der Waals surface area (Å²) in [7, 11) is 0. The predicted molar refractivity (Wildman–Crippen MR) is 75.8 cm³/mol. The molecule has 5 nitrogen and oxygen atoms in total. The van der Waals surface area contributed by atoms with Crippen LogP contribution in [0.25, 0.3) is 0 Å². The molecule has 1 saturated heterocycles. The summed E-state index contributed by atoms with van der Waals surface area (Å²) in [5, 5.41) is 3.63. The van der Waals surface area contributed by atoms with Gasteiger partial charge in [-0.2, -0.15) is 0 Å². The van der Waals surface area contributed by atoms with Crippen LogP contribution in [0.1, 0.15) is 16.1 Å². The first-order valence-electron chi connectivity index (χ1n) is 6.87. The van der Waals surface area contributed by atoms with Crippen LogP contribution >= 0.6 is 0 Å². The molecule has 110 valence electrons. The molecule has 1 aromatic heterocycles. The normalized spacial score (nSPS) is 15.3. The number of rotatable bonds is 2. The molecule has 0 spiro atoms. The molecule has 1 aliphatic heterocycles. The van der Waals surface area contributed by atoms with E-state index in [0.717, 1.165) is 5.56 Å². The van der Waals surface area contributed by atoms with Crippen LogP contribution in [0.2, 0.25) is 0 Å². The summed E-state index contributed by atoms with van der Waals surface area (Å²) < 4.78 is 18.8. The maximum atomic E-state index is 13.8. The Morgan fingerprint density at radius 2 is 1.95 bits per heavy atom. The zero-order valence-corrected chi connectivity index (χ0v) is 11.8. The van der Waals surface area contributed by atoms with Crippen molar-refractivity contribution in [1.29, 1.82) is 0 Å². The van der Waals surface area contributed by atoms with Crippen LogP contribution in [-0.4, -0.2) is 42.1 Å². The monoisotopic (exact) mass is 289 g/mol. The number of piperazine rings is 1. The van der Waals surface area contributed by atoms with E-state index in [2.05, 4.69) is 5.16 Å². The number of nitrogens with zero attached hydrogens (tertiary/aromatic N) is 3. The molecule has 0 unspecified atom stereocenters. The van der Waals surface area contributed by atoms with Crippen LogP contribution in [0.3, 0.4) is 0 Å². The van der Waals surface area contributed by atoms with Gasteiger partial charge in [0.2, 0.25) is 5.76 Å². The number of halogens is 1. The van der Waals surface area contributed by atoms with Crippen LogP contribution in [0.5, 0.6) is 0 Å². The van der Waals surface area contributed by atoms with Gasteiger partial charge in [0.1, 0.15) is 5.82 Å². The number of carbonyl (C=O) groups is 1. The van der Waals surface area contributed by atoms with Crippen molar-refractivity contribution >= 4 is 11.6 Å². The van der Waals surface area contributed by atoms with Crippen molar-refractivity contribution in [3.8, 4) is 0 Å². The lowest BCUT2D eigenvalue weighted by Gasteiger charge is -2.35. The predicted octanol–water partition coefficient (Wildman–Crippen LogP) is 2.08. The van der Waals surface area contributed by atoms with Crippen molar-refractivity contribution in [3.63, 3.8) is 0 Å². The third-order valence-electron chi connectivity index (χ3n) is 3.70. The molecular formula is C15H16FN3O2. The van der Waals surface area contributed by atoms with E-state index in [1.165, 1.54) is 12.3 Å².